The van der Waals surface area contributed by atoms with Crippen LogP contribution in [0.25, 0.3) is 0 Å². The van der Waals surface area contributed by atoms with E-state index in [0.717, 1.165) is 0 Å². The normalized spacial score (nSPS) is 12.5. The molecule has 4 nitrogen and oxygen atoms in total. The second-order valence-corrected chi connectivity index (χ2v) is 4.16. The zero-order valence-electron chi connectivity index (χ0n) is 10.3. The minimum Gasteiger partial charge on any atom is -0.382 e. The Morgan fingerprint density at radius 3 is 2.20 bits per heavy atom. The molecule has 0 aliphatic rings. The Bertz CT molecular complexity index is 164. The van der Waals surface area contributed by atoms with E-state index in [1.165, 1.54) is 0 Å². The Kier molecular flexibility index (Phi) is 8.56. The average Bonchev–Trinajstić information content (AvgIpc) is 2.14. The molecule has 0 aromatic rings. The second kappa shape index (κ2) is 8.83. The van der Waals surface area contributed by atoms with Crippen LogP contribution in [0.5, 0.6) is 0 Å². The highest BCUT2D eigenvalue weighted by atomic mass is 16.5. The van der Waals surface area contributed by atoms with E-state index in [-0.39, 0.29) is 5.54 Å². The van der Waals surface area contributed by atoms with Crippen LogP contribution < -0.4 is 0 Å². The monoisotopic (exact) mass is 217 g/mol. The van der Waals surface area contributed by atoms with Crippen molar-refractivity contribution in [3.05, 3.63) is 0 Å². The molecule has 0 N–H and O–H groups in total. The minimum absolute atomic E-state index is 0.0156. The fourth-order valence-corrected chi connectivity index (χ4v) is 0.809. The van der Waals surface area contributed by atoms with E-state index in [1.54, 1.807) is 13.3 Å². The largest absolute Gasteiger partial charge is 0.382 e. The van der Waals surface area contributed by atoms with Gasteiger partial charge in [-0.15, -0.1) is 0 Å². The van der Waals surface area contributed by atoms with Gasteiger partial charge < -0.3 is 14.2 Å². The highest BCUT2D eigenvalue weighted by Gasteiger charge is 2.03. The van der Waals surface area contributed by atoms with E-state index in [9.17, 15) is 0 Å². The van der Waals surface area contributed by atoms with E-state index in [1.807, 2.05) is 0 Å². The third-order valence-corrected chi connectivity index (χ3v) is 1.47. The highest BCUT2D eigenvalue weighted by Crippen LogP contribution is 2.03. The summed E-state index contributed by atoms with van der Waals surface area (Å²) < 4.78 is 15.4. The van der Waals surface area contributed by atoms with Crippen LogP contribution in [0.15, 0.2) is 4.99 Å². The molecule has 0 saturated carbocycles. The fourth-order valence-electron chi connectivity index (χ4n) is 0.809. The lowest BCUT2D eigenvalue weighted by atomic mass is 10.1. The van der Waals surface area contributed by atoms with Crippen LogP contribution in [-0.2, 0) is 14.2 Å². The molecule has 0 bridgehead atoms. The number of aliphatic imine (C=N–C) groups is 1. The summed E-state index contributed by atoms with van der Waals surface area (Å²) in [5.74, 6) is 0. The van der Waals surface area contributed by atoms with Gasteiger partial charge in [-0.05, 0) is 20.8 Å². The molecule has 0 amide bonds. The quantitative estimate of drug-likeness (QED) is 0.457. The molecule has 0 aromatic carbocycles. The predicted molar refractivity (Wildman–Crippen MR) is 61.8 cm³/mol. The average molecular weight is 217 g/mol. The number of rotatable bonds is 8. The maximum Gasteiger partial charge on any atom is 0.0815 e. The number of hydrogen-bond acceptors (Lipinski definition) is 4. The third-order valence-electron chi connectivity index (χ3n) is 1.47. The van der Waals surface area contributed by atoms with Gasteiger partial charge in [0.15, 0.2) is 0 Å². The topological polar surface area (TPSA) is 40.0 Å². The van der Waals surface area contributed by atoms with Crippen molar-refractivity contribution in [3.8, 4) is 0 Å². The first kappa shape index (κ1) is 14.6. The van der Waals surface area contributed by atoms with Gasteiger partial charge in [-0.2, -0.15) is 0 Å². The summed E-state index contributed by atoms with van der Waals surface area (Å²) in [6.45, 7) is 9.16. The summed E-state index contributed by atoms with van der Waals surface area (Å²) in [5, 5.41) is 0. The van der Waals surface area contributed by atoms with E-state index < -0.39 is 0 Å². The molecular formula is C11H23NO3. The molecule has 4 heteroatoms. The van der Waals surface area contributed by atoms with E-state index in [0.29, 0.717) is 33.0 Å². The Morgan fingerprint density at radius 1 is 1.00 bits per heavy atom. The van der Waals surface area contributed by atoms with Crippen molar-refractivity contribution in [2.45, 2.75) is 26.3 Å². The minimum atomic E-state index is -0.0156. The predicted octanol–water partition coefficient (Wildman–Crippen LogP) is 1.54. The molecule has 0 radical (unpaired) electrons. The molecule has 0 atom stereocenters. The smallest absolute Gasteiger partial charge is 0.0815 e. The Balaban J connectivity index is 3.15. The first-order valence-corrected chi connectivity index (χ1v) is 5.24. The van der Waals surface area contributed by atoms with Crippen LogP contribution in [0.2, 0.25) is 0 Å². The maximum atomic E-state index is 5.29. The molecule has 0 aliphatic carbocycles. The van der Waals surface area contributed by atoms with E-state index in [4.69, 9.17) is 14.2 Å². The van der Waals surface area contributed by atoms with E-state index in [2.05, 4.69) is 25.8 Å². The Labute approximate surface area is 92.6 Å². The van der Waals surface area contributed by atoms with Gasteiger partial charge in [-0.25, -0.2) is 0 Å². The molecule has 0 aromatic heterocycles. The molecular weight excluding hydrogens is 194 g/mol. The third kappa shape index (κ3) is 13.6. The molecule has 0 unspecified atom stereocenters. The van der Waals surface area contributed by atoms with Gasteiger partial charge >= 0.3 is 0 Å². The van der Waals surface area contributed by atoms with Crippen LogP contribution in [0.1, 0.15) is 20.8 Å². The van der Waals surface area contributed by atoms with Crippen LogP contribution >= 0.6 is 0 Å². The van der Waals surface area contributed by atoms with Crippen molar-refractivity contribution in [3.63, 3.8) is 0 Å². The van der Waals surface area contributed by atoms with Crippen molar-refractivity contribution in [2.24, 2.45) is 4.99 Å². The molecule has 90 valence electrons. The summed E-state index contributed by atoms with van der Waals surface area (Å²) in [6.07, 6.45) is 1.80. The first-order valence-electron chi connectivity index (χ1n) is 5.24. The van der Waals surface area contributed by atoms with Crippen molar-refractivity contribution in [1.29, 1.82) is 0 Å². The molecule has 0 saturated heterocycles. The zero-order chi connectivity index (χ0) is 11.6. The molecule has 0 rings (SSSR count). The lowest BCUT2D eigenvalue weighted by Crippen LogP contribution is -2.12. The van der Waals surface area contributed by atoms with Crippen molar-refractivity contribution in [1.82, 2.24) is 0 Å². The van der Waals surface area contributed by atoms with Crippen LogP contribution in [-0.4, -0.2) is 51.9 Å². The van der Waals surface area contributed by atoms with Crippen molar-refractivity contribution in [2.75, 3.05) is 40.1 Å². The molecule has 0 aliphatic heterocycles. The SMILES string of the molecule is COCCOCCOCC=NC(C)(C)C. The summed E-state index contributed by atoms with van der Waals surface area (Å²) in [4.78, 5) is 4.29. The maximum absolute atomic E-state index is 5.29. The van der Waals surface area contributed by atoms with Gasteiger partial charge in [0.05, 0.1) is 38.6 Å². The molecule has 0 heterocycles. The lowest BCUT2D eigenvalue weighted by Gasteiger charge is -2.10. The van der Waals surface area contributed by atoms with Gasteiger partial charge in [0.2, 0.25) is 0 Å². The summed E-state index contributed by atoms with van der Waals surface area (Å²) in [5.41, 5.74) is -0.0156. The fraction of sp³-hybridized carbons (Fsp3) is 0.909. The first-order chi connectivity index (χ1) is 7.06. The molecule has 15 heavy (non-hydrogen) atoms. The summed E-state index contributed by atoms with van der Waals surface area (Å²) in [6, 6.07) is 0. The Morgan fingerprint density at radius 2 is 1.60 bits per heavy atom. The van der Waals surface area contributed by atoms with Gasteiger partial charge in [0.25, 0.3) is 0 Å². The standard InChI is InChI=1S/C11H23NO3/c1-11(2,3)12-5-6-14-9-10-15-8-7-13-4/h5H,6-10H2,1-4H3. The lowest BCUT2D eigenvalue weighted by molar-refractivity contribution is 0.0338. The van der Waals surface area contributed by atoms with Gasteiger partial charge in [-0.1, -0.05) is 0 Å². The number of ether oxygens (including phenoxy) is 3. The summed E-state index contributed by atoms with van der Waals surface area (Å²) >= 11 is 0. The second-order valence-electron chi connectivity index (χ2n) is 4.16. The van der Waals surface area contributed by atoms with Crippen LogP contribution in [0.4, 0.5) is 0 Å². The van der Waals surface area contributed by atoms with Crippen molar-refractivity contribution >= 4 is 6.21 Å². The van der Waals surface area contributed by atoms with Crippen LogP contribution in [0.3, 0.4) is 0 Å². The number of nitrogens with zero attached hydrogens (tertiary/aromatic N) is 1. The zero-order valence-corrected chi connectivity index (χ0v) is 10.3. The molecule has 0 fully saturated rings. The van der Waals surface area contributed by atoms with Gasteiger partial charge in [0.1, 0.15) is 0 Å². The van der Waals surface area contributed by atoms with Gasteiger partial charge in [0, 0.05) is 13.3 Å². The molecule has 0 spiro atoms. The van der Waals surface area contributed by atoms with Crippen molar-refractivity contribution < 1.29 is 14.2 Å². The Hall–Kier alpha value is -0.450. The van der Waals surface area contributed by atoms with E-state index >= 15 is 0 Å². The number of methoxy groups -OCH3 is 1. The van der Waals surface area contributed by atoms with Crippen LogP contribution in [0, 0.1) is 0 Å². The highest BCUT2D eigenvalue weighted by molar-refractivity contribution is 5.59. The van der Waals surface area contributed by atoms with Gasteiger partial charge in [-0.3, -0.25) is 4.99 Å². The summed E-state index contributed by atoms with van der Waals surface area (Å²) in [7, 11) is 1.66. The number of hydrogen-bond donors (Lipinski definition) is 0.